The third-order valence-corrected chi connectivity index (χ3v) is 6.04. The highest BCUT2D eigenvalue weighted by Gasteiger charge is 2.43. The van der Waals surface area contributed by atoms with Gasteiger partial charge in [0.2, 0.25) is 0 Å². The predicted molar refractivity (Wildman–Crippen MR) is 110 cm³/mol. The van der Waals surface area contributed by atoms with Crippen LogP contribution in [0.4, 0.5) is 4.79 Å². The summed E-state index contributed by atoms with van der Waals surface area (Å²) in [7, 11) is 0. The molecule has 1 aliphatic carbocycles. The quantitative estimate of drug-likeness (QED) is 0.692. The zero-order chi connectivity index (χ0) is 21.4. The number of carboxylic acid groups (broad SMARTS) is 1. The van der Waals surface area contributed by atoms with Gasteiger partial charge in [0.1, 0.15) is 5.75 Å². The number of carboxylic acids is 1. The number of likely N-dealkylation sites (tertiary alicyclic amines) is 1. The number of carbonyl (C=O) groups excluding carboxylic acids is 1. The number of benzene rings is 1. The first kappa shape index (κ1) is 19.2. The molecular weight excluding hydrogens is 398 g/mol. The van der Waals surface area contributed by atoms with E-state index in [0.29, 0.717) is 24.9 Å². The Bertz CT molecular complexity index is 1100. The average molecular weight is 419 g/mol. The number of aromatic nitrogens is 4. The molecule has 1 aliphatic heterocycles. The molecule has 1 saturated heterocycles. The summed E-state index contributed by atoms with van der Waals surface area (Å²) < 4.78 is 7.37. The molecule has 0 bridgehead atoms. The molecule has 2 fully saturated rings. The first-order valence-electron chi connectivity index (χ1n) is 10.2. The second-order valence-corrected chi connectivity index (χ2v) is 8.03. The van der Waals surface area contributed by atoms with E-state index in [1.54, 1.807) is 17.3 Å². The highest BCUT2D eigenvalue weighted by Crippen LogP contribution is 2.40. The van der Waals surface area contributed by atoms with Gasteiger partial charge in [-0.15, -0.1) is 0 Å². The zero-order valence-electron chi connectivity index (χ0n) is 16.7. The van der Waals surface area contributed by atoms with E-state index in [1.807, 2.05) is 30.3 Å². The van der Waals surface area contributed by atoms with Gasteiger partial charge in [-0.05, 0) is 54.5 Å². The summed E-state index contributed by atoms with van der Waals surface area (Å²) in [5, 5.41) is 20.6. The monoisotopic (exact) mass is 419 g/mol. The van der Waals surface area contributed by atoms with E-state index in [9.17, 15) is 9.59 Å². The van der Waals surface area contributed by atoms with Crippen molar-refractivity contribution < 1.29 is 19.4 Å². The second kappa shape index (κ2) is 7.82. The van der Waals surface area contributed by atoms with Gasteiger partial charge in [-0.1, -0.05) is 12.1 Å². The van der Waals surface area contributed by atoms with Crippen molar-refractivity contribution in [2.24, 2.45) is 11.8 Å². The zero-order valence-corrected chi connectivity index (χ0v) is 16.7. The van der Waals surface area contributed by atoms with Crippen LogP contribution in [0.25, 0.3) is 11.1 Å². The van der Waals surface area contributed by atoms with E-state index in [0.717, 1.165) is 34.4 Å². The van der Waals surface area contributed by atoms with Gasteiger partial charge in [-0.25, -0.2) is 9.59 Å². The van der Waals surface area contributed by atoms with Gasteiger partial charge >= 0.3 is 12.0 Å². The lowest BCUT2D eigenvalue weighted by atomic mass is 10.0. The average Bonchev–Trinajstić information content (AvgIpc) is 3.49. The normalized spacial score (nSPS) is 22.3. The predicted octanol–water partition coefficient (Wildman–Crippen LogP) is 2.80. The minimum Gasteiger partial charge on any atom is -0.490 e. The highest BCUT2D eigenvalue weighted by atomic mass is 16.5. The molecule has 1 N–H and O–H groups in total. The van der Waals surface area contributed by atoms with Crippen molar-refractivity contribution in [2.45, 2.75) is 18.9 Å². The molecule has 2 aliphatic rings. The molecule has 2 atom stereocenters. The van der Waals surface area contributed by atoms with Crippen LogP contribution in [0, 0.1) is 11.8 Å². The minimum atomic E-state index is -1.14. The molecule has 2 aromatic heterocycles. The molecule has 3 heterocycles. The molecule has 158 valence electrons. The van der Waals surface area contributed by atoms with Crippen molar-refractivity contribution >= 4 is 12.0 Å². The van der Waals surface area contributed by atoms with Crippen molar-refractivity contribution in [2.75, 3.05) is 13.1 Å². The Kier molecular flexibility index (Phi) is 4.85. The number of carbonyl (C=O) groups is 2. The number of nitrogens with zero attached hydrogens (tertiary/aromatic N) is 5. The number of ether oxygens (including phenoxy) is 1. The fourth-order valence-corrected chi connectivity index (χ4v) is 4.59. The number of amides is 1. The van der Waals surface area contributed by atoms with E-state index in [4.69, 9.17) is 9.84 Å². The number of aromatic carboxylic acids is 1. The molecule has 9 heteroatoms. The standard InChI is InChI=1S/C22H21N5O4/c28-21(29)20-5-7-27(25-20)22(30)26-12-16-9-19(10-17(16)13-26)31-18-3-1-2-14(8-18)15-4-6-23-24-11-15/h1-8,11,16-17,19H,9-10,12-13H2,(H,28,29). The maximum Gasteiger partial charge on any atom is 0.356 e. The summed E-state index contributed by atoms with van der Waals surface area (Å²) >= 11 is 0. The minimum absolute atomic E-state index is 0.112. The highest BCUT2D eigenvalue weighted by molar-refractivity contribution is 5.86. The fraction of sp³-hybridized carbons (Fsp3) is 0.318. The Morgan fingerprint density at radius 2 is 1.84 bits per heavy atom. The van der Waals surface area contributed by atoms with E-state index < -0.39 is 5.97 Å². The van der Waals surface area contributed by atoms with Gasteiger partial charge in [0.05, 0.1) is 18.5 Å². The Balaban J connectivity index is 1.20. The lowest BCUT2D eigenvalue weighted by Crippen LogP contribution is -2.34. The van der Waals surface area contributed by atoms with Gasteiger partial charge in [0, 0.05) is 24.8 Å². The molecule has 2 unspecified atom stereocenters. The molecule has 1 amide bonds. The van der Waals surface area contributed by atoms with Crippen molar-refractivity contribution in [3.63, 3.8) is 0 Å². The van der Waals surface area contributed by atoms with Crippen LogP contribution in [0.2, 0.25) is 0 Å². The van der Waals surface area contributed by atoms with Crippen molar-refractivity contribution in [3.8, 4) is 16.9 Å². The van der Waals surface area contributed by atoms with Gasteiger partial charge in [-0.3, -0.25) is 0 Å². The van der Waals surface area contributed by atoms with Crippen molar-refractivity contribution in [1.82, 2.24) is 24.9 Å². The van der Waals surface area contributed by atoms with E-state index in [-0.39, 0.29) is 17.8 Å². The second-order valence-electron chi connectivity index (χ2n) is 8.03. The van der Waals surface area contributed by atoms with E-state index in [2.05, 4.69) is 15.3 Å². The molecule has 1 saturated carbocycles. The third kappa shape index (κ3) is 3.86. The summed E-state index contributed by atoms with van der Waals surface area (Å²) in [5.74, 6) is 0.422. The maximum atomic E-state index is 12.7. The first-order valence-corrected chi connectivity index (χ1v) is 10.2. The molecule has 31 heavy (non-hydrogen) atoms. The van der Waals surface area contributed by atoms with Crippen molar-refractivity contribution in [3.05, 3.63) is 60.7 Å². The van der Waals surface area contributed by atoms with Crippen LogP contribution >= 0.6 is 0 Å². The topological polar surface area (TPSA) is 110 Å². The molecule has 3 aromatic rings. The van der Waals surface area contributed by atoms with E-state index in [1.165, 1.54) is 12.3 Å². The largest absolute Gasteiger partial charge is 0.490 e. The van der Waals surface area contributed by atoms with Crippen LogP contribution < -0.4 is 4.74 Å². The molecule has 9 nitrogen and oxygen atoms in total. The summed E-state index contributed by atoms with van der Waals surface area (Å²) in [6.07, 6.45) is 6.67. The van der Waals surface area contributed by atoms with Crippen LogP contribution in [-0.4, -0.2) is 61.2 Å². The van der Waals surface area contributed by atoms with Crippen LogP contribution in [0.5, 0.6) is 5.75 Å². The lowest BCUT2D eigenvalue weighted by Gasteiger charge is -2.20. The van der Waals surface area contributed by atoms with Crippen LogP contribution in [0.1, 0.15) is 23.3 Å². The van der Waals surface area contributed by atoms with Gasteiger partial charge in [0.15, 0.2) is 5.69 Å². The number of fused-ring (bicyclic) bond motifs is 1. The van der Waals surface area contributed by atoms with Crippen LogP contribution in [0.15, 0.2) is 55.0 Å². The lowest BCUT2D eigenvalue weighted by molar-refractivity contribution is 0.0690. The van der Waals surface area contributed by atoms with Crippen LogP contribution in [0.3, 0.4) is 0 Å². The van der Waals surface area contributed by atoms with Gasteiger partial charge in [-0.2, -0.15) is 20.0 Å². The van der Waals surface area contributed by atoms with Gasteiger partial charge in [0.25, 0.3) is 0 Å². The first-order chi connectivity index (χ1) is 15.1. The summed E-state index contributed by atoms with van der Waals surface area (Å²) in [6, 6.07) is 10.9. The smallest absolute Gasteiger partial charge is 0.356 e. The number of hydrogen-bond acceptors (Lipinski definition) is 6. The number of hydrogen-bond donors (Lipinski definition) is 1. The molecule has 1 aromatic carbocycles. The molecular formula is C22H21N5O4. The molecule has 0 radical (unpaired) electrons. The van der Waals surface area contributed by atoms with Crippen molar-refractivity contribution in [1.29, 1.82) is 0 Å². The van der Waals surface area contributed by atoms with Crippen LogP contribution in [-0.2, 0) is 0 Å². The Hall–Kier alpha value is -3.75. The summed E-state index contributed by atoms with van der Waals surface area (Å²) in [4.78, 5) is 25.4. The van der Waals surface area contributed by atoms with E-state index >= 15 is 0 Å². The maximum absolute atomic E-state index is 12.7. The summed E-state index contributed by atoms with van der Waals surface area (Å²) in [5.41, 5.74) is 1.89. The SMILES string of the molecule is O=C(O)c1ccn(C(=O)N2CC3CC(Oc4cccc(-c5ccnnc5)c4)CC3C2)n1. The molecule has 0 spiro atoms. The third-order valence-electron chi connectivity index (χ3n) is 6.04. The summed E-state index contributed by atoms with van der Waals surface area (Å²) in [6.45, 7) is 1.27. The molecule has 5 rings (SSSR count). The van der Waals surface area contributed by atoms with Gasteiger partial charge < -0.3 is 14.7 Å². The Labute approximate surface area is 178 Å². The number of rotatable bonds is 4. The fourth-order valence-electron chi connectivity index (χ4n) is 4.59. The Morgan fingerprint density at radius 3 is 2.52 bits per heavy atom. The Morgan fingerprint density at radius 1 is 1.03 bits per heavy atom.